The highest BCUT2D eigenvalue weighted by Gasteiger charge is 2.15. The summed E-state index contributed by atoms with van der Waals surface area (Å²) in [6.45, 7) is 1.89. The van der Waals surface area contributed by atoms with Gasteiger partial charge < -0.3 is 10.6 Å². The average molecular weight is 385 g/mol. The summed E-state index contributed by atoms with van der Waals surface area (Å²) >= 11 is 0. The maximum absolute atomic E-state index is 12.9. The van der Waals surface area contributed by atoms with Crippen LogP contribution in [0.25, 0.3) is 11.0 Å². The molecule has 0 aliphatic carbocycles. The second-order valence-electron chi connectivity index (χ2n) is 6.62. The molecule has 0 aliphatic rings. The fourth-order valence-corrected chi connectivity index (χ4v) is 3.15. The Morgan fingerprint density at radius 2 is 1.66 bits per heavy atom. The van der Waals surface area contributed by atoms with E-state index in [4.69, 9.17) is 0 Å². The van der Waals surface area contributed by atoms with Crippen LogP contribution in [0.3, 0.4) is 0 Å². The molecule has 4 aromatic rings. The lowest BCUT2D eigenvalue weighted by molar-refractivity contribution is 0.102. The van der Waals surface area contributed by atoms with Crippen molar-refractivity contribution in [2.75, 3.05) is 10.6 Å². The van der Waals surface area contributed by atoms with Crippen molar-refractivity contribution in [3.05, 3.63) is 83.7 Å². The van der Waals surface area contributed by atoms with Gasteiger partial charge in [-0.3, -0.25) is 14.3 Å². The van der Waals surface area contributed by atoms with E-state index in [0.717, 1.165) is 16.7 Å². The lowest BCUT2D eigenvalue weighted by Gasteiger charge is -2.11. The summed E-state index contributed by atoms with van der Waals surface area (Å²) in [6, 6.07) is 17.6. The van der Waals surface area contributed by atoms with Gasteiger partial charge in [0.25, 0.3) is 11.8 Å². The van der Waals surface area contributed by atoms with E-state index in [0.29, 0.717) is 22.5 Å². The summed E-state index contributed by atoms with van der Waals surface area (Å²) < 4.78 is 1.70. The number of hydrogen-bond donors (Lipinski definition) is 2. The van der Waals surface area contributed by atoms with E-state index in [1.165, 1.54) is 0 Å². The molecule has 0 unspecified atom stereocenters. The van der Waals surface area contributed by atoms with Crippen LogP contribution in [0.15, 0.2) is 66.9 Å². The van der Waals surface area contributed by atoms with E-state index in [-0.39, 0.29) is 11.8 Å². The van der Waals surface area contributed by atoms with Crippen molar-refractivity contribution in [1.82, 2.24) is 14.8 Å². The van der Waals surface area contributed by atoms with Gasteiger partial charge in [0.05, 0.1) is 28.8 Å². The number of pyridine rings is 1. The molecule has 7 heteroatoms. The molecular weight excluding hydrogens is 366 g/mol. The van der Waals surface area contributed by atoms with Crippen LogP contribution in [-0.4, -0.2) is 26.6 Å². The predicted molar refractivity (Wildman–Crippen MR) is 112 cm³/mol. The van der Waals surface area contributed by atoms with Crippen molar-refractivity contribution >= 4 is 34.2 Å². The number of nitrogens with zero attached hydrogens (tertiary/aromatic N) is 3. The number of rotatable bonds is 4. The zero-order valence-electron chi connectivity index (χ0n) is 16.0. The normalized spacial score (nSPS) is 10.7. The molecule has 0 bridgehead atoms. The lowest BCUT2D eigenvalue weighted by atomic mass is 10.1. The summed E-state index contributed by atoms with van der Waals surface area (Å²) in [5.74, 6) is -0.614. The third-order valence-electron chi connectivity index (χ3n) is 4.58. The molecule has 0 saturated carbocycles. The number of carbonyl (C=O) groups excluding carboxylic acids is 2. The van der Waals surface area contributed by atoms with Crippen LogP contribution < -0.4 is 10.6 Å². The van der Waals surface area contributed by atoms with Crippen LogP contribution in [0, 0.1) is 6.92 Å². The topological polar surface area (TPSA) is 88.9 Å². The number of aromatic nitrogens is 3. The van der Waals surface area contributed by atoms with E-state index >= 15 is 0 Å². The fraction of sp³-hybridized carbons (Fsp3) is 0.0909. The smallest absolute Gasteiger partial charge is 0.257 e. The first-order chi connectivity index (χ1) is 14.0. The standard InChI is InChI=1S/C22H19N5O2/c1-14-18-12-16(13-23-20(18)27(2)26-14)24-22(29)17-10-6-7-11-19(17)25-21(28)15-8-4-3-5-9-15/h3-13H,1-2H3,(H,24,29)(H,25,28). The highest BCUT2D eigenvalue weighted by molar-refractivity contribution is 6.12. The summed E-state index contributed by atoms with van der Waals surface area (Å²) in [5, 5.41) is 10.9. The molecule has 2 aromatic heterocycles. The number of para-hydroxylation sites is 1. The van der Waals surface area contributed by atoms with E-state index in [9.17, 15) is 9.59 Å². The van der Waals surface area contributed by atoms with E-state index in [1.54, 1.807) is 59.4 Å². The Morgan fingerprint density at radius 3 is 2.45 bits per heavy atom. The highest BCUT2D eigenvalue weighted by atomic mass is 16.2. The SMILES string of the molecule is Cc1nn(C)c2ncc(NC(=O)c3ccccc3NC(=O)c3ccccc3)cc12. The molecule has 2 N–H and O–H groups in total. The molecule has 0 spiro atoms. The van der Waals surface area contributed by atoms with Gasteiger partial charge in [0.2, 0.25) is 0 Å². The largest absolute Gasteiger partial charge is 0.321 e. The molecule has 144 valence electrons. The van der Waals surface area contributed by atoms with Crippen molar-refractivity contribution in [1.29, 1.82) is 0 Å². The van der Waals surface area contributed by atoms with Gasteiger partial charge in [0.1, 0.15) is 0 Å². The van der Waals surface area contributed by atoms with Gasteiger partial charge in [0, 0.05) is 18.0 Å². The molecule has 0 fully saturated rings. The van der Waals surface area contributed by atoms with Crippen LogP contribution in [0.1, 0.15) is 26.4 Å². The van der Waals surface area contributed by atoms with Gasteiger partial charge in [-0.2, -0.15) is 5.10 Å². The summed E-state index contributed by atoms with van der Waals surface area (Å²) in [4.78, 5) is 29.7. The van der Waals surface area contributed by atoms with Crippen molar-refractivity contribution in [2.45, 2.75) is 6.92 Å². The van der Waals surface area contributed by atoms with Crippen molar-refractivity contribution < 1.29 is 9.59 Å². The zero-order chi connectivity index (χ0) is 20.4. The van der Waals surface area contributed by atoms with Crippen LogP contribution in [0.2, 0.25) is 0 Å². The van der Waals surface area contributed by atoms with E-state index in [1.807, 2.05) is 26.1 Å². The second-order valence-corrected chi connectivity index (χ2v) is 6.62. The highest BCUT2D eigenvalue weighted by Crippen LogP contribution is 2.22. The Morgan fingerprint density at radius 1 is 0.931 bits per heavy atom. The molecule has 0 radical (unpaired) electrons. The van der Waals surface area contributed by atoms with Gasteiger partial charge >= 0.3 is 0 Å². The van der Waals surface area contributed by atoms with Crippen molar-refractivity contribution in [2.24, 2.45) is 7.05 Å². The zero-order valence-corrected chi connectivity index (χ0v) is 16.0. The van der Waals surface area contributed by atoms with Crippen molar-refractivity contribution in [3.63, 3.8) is 0 Å². The van der Waals surface area contributed by atoms with Gasteiger partial charge in [-0.05, 0) is 37.3 Å². The molecule has 7 nitrogen and oxygen atoms in total. The first-order valence-electron chi connectivity index (χ1n) is 9.09. The minimum atomic E-state index is -0.336. The number of nitrogens with one attached hydrogen (secondary N) is 2. The Hall–Kier alpha value is -4.00. The van der Waals surface area contributed by atoms with Crippen LogP contribution in [0.4, 0.5) is 11.4 Å². The molecule has 0 aliphatic heterocycles. The second kappa shape index (κ2) is 7.55. The van der Waals surface area contributed by atoms with E-state index in [2.05, 4.69) is 20.7 Å². The Kier molecular flexibility index (Phi) is 4.78. The monoisotopic (exact) mass is 385 g/mol. The number of aryl methyl sites for hydroxylation is 2. The molecule has 29 heavy (non-hydrogen) atoms. The van der Waals surface area contributed by atoms with Crippen LogP contribution in [0.5, 0.6) is 0 Å². The summed E-state index contributed by atoms with van der Waals surface area (Å²) in [7, 11) is 1.83. The fourth-order valence-electron chi connectivity index (χ4n) is 3.15. The first kappa shape index (κ1) is 18.4. The molecule has 2 heterocycles. The third-order valence-corrected chi connectivity index (χ3v) is 4.58. The number of carbonyl (C=O) groups is 2. The third kappa shape index (κ3) is 3.70. The van der Waals surface area contributed by atoms with Crippen molar-refractivity contribution in [3.8, 4) is 0 Å². The number of anilines is 2. The van der Waals surface area contributed by atoms with Gasteiger partial charge in [0.15, 0.2) is 5.65 Å². The molecular formula is C22H19N5O2. The summed E-state index contributed by atoms with van der Waals surface area (Å²) in [5.41, 5.74) is 3.45. The minimum Gasteiger partial charge on any atom is -0.321 e. The van der Waals surface area contributed by atoms with E-state index < -0.39 is 0 Å². The molecule has 0 saturated heterocycles. The number of hydrogen-bond acceptors (Lipinski definition) is 4. The number of benzene rings is 2. The maximum Gasteiger partial charge on any atom is 0.257 e. The molecule has 4 rings (SSSR count). The quantitative estimate of drug-likeness (QED) is 0.559. The predicted octanol–water partition coefficient (Wildman–Crippen LogP) is 3.78. The lowest BCUT2D eigenvalue weighted by Crippen LogP contribution is -2.18. The molecule has 0 atom stereocenters. The van der Waals surface area contributed by atoms with Gasteiger partial charge in [-0.25, -0.2) is 4.98 Å². The Labute approximate surface area is 167 Å². The van der Waals surface area contributed by atoms with Gasteiger partial charge in [-0.1, -0.05) is 30.3 Å². The van der Waals surface area contributed by atoms with Crippen LogP contribution in [-0.2, 0) is 7.05 Å². The Balaban J connectivity index is 1.58. The average Bonchev–Trinajstić information content (AvgIpc) is 3.02. The molecule has 2 aromatic carbocycles. The Bertz CT molecular complexity index is 1210. The molecule has 2 amide bonds. The number of fused-ring (bicyclic) bond motifs is 1. The number of amides is 2. The minimum absolute atomic E-state index is 0.278. The van der Waals surface area contributed by atoms with Gasteiger partial charge in [-0.15, -0.1) is 0 Å². The van der Waals surface area contributed by atoms with Crippen LogP contribution >= 0.6 is 0 Å². The summed E-state index contributed by atoms with van der Waals surface area (Å²) in [6.07, 6.45) is 1.59. The first-order valence-corrected chi connectivity index (χ1v) is 9.09. The maximum atomic E-state index is 12.9.